The molecule has 1 saturated carbocycles. The van der Waals surface area contributed by atoms with Crippen molar-refractivity contribution in [3.63, 3.8) is 0 Å². The van der Waals surface area contributed by atoms with Crippen LogP contribution in [0.1, 0.15) is 35.2 Å². The van der Waals surface area contributed by atoms with Gasteiger partial charge in [0.05, 0.1) is 0 Å². The first-order valence-electron chi connectivity index (χ1n) is 3.49. The fourth-order valence-electron chi connectivity index (χ4n) is 0.924. The maximum Gasteiger partial charge on any atom is 0.288 e. The van der Waals surface area contributed by atoms with Crippen molar-refractivity contribution in [2.75, 3.05) is 0 Å². The normalized spacial score (nSPS) is 16.7. The van der Waals surface area contributed by atoms with Crippen molar-refractivity contribution in [3.8, 4) is 0 Å². The van der Waals surface area contributed by atoms with Crippen LogP contribution in [0.25, 0.3) is 0 Å². The van der Waals surface area contributed by atoms with Crippen LogP contribution >= 0.6 is 0 Å². The molecule has 0 radical (unpaired) electrons. The van der Waals surface area contributed by atoms with E-state index in [1.807, 2.05) is 0 Å². The van der Waals surface area contributed by atoms with Crippen molar-refractivity contribution < 1.29 is 4.79 Å². The Bertz CT molecular complexity index is 289. The van der Waals surface area contributed by atoms with E-state index in [1.165, 1.54) is 0 Å². The van der Waals surface area contributed by atoms with Gasteiger partial charge >= 0.3 is 0 Å². The Morgan fingerprint density at radius 3 is 2.82 bits per heavy atom. The van der Waals surface area contributed by atoms with Crippen LogP contribution in [0.5, 0.6) is 0 Å². The van der Waals surface area contributed by atoms with Crippen LogP contribution in [0, 0.1) is 0 Å². The standard InChI is InChI=1S/C6H8N4O/c7-4(11)6-8-5(9-10-6)3-1-2-3/h3H,1-2H2,(H2,7,11)(H,8,9,10). The van der Waals surface area contributed by atoms with Crippen molar-refractivity contribution in [2.45, 2.75) is 18.8 Å². The van der Waals surface area contributed by atoms with Gasteiger partial charge in [-0.2, -0.15) is 0 Å². The van der Waals surface area contributed by atoms with Gasteiger partial charge in [0.25, 0.3) is 5.91 Å². The highest BCUT2D eigenvalue weighted by molar-refractivity contribution is 5.88. The summed E-state index contributed by atoms with van der Waals surface area (Å²) in [6, 6.07) is 0. The summed E-state index contributed by atoms with van der Waals surface area (Å²) < 4.78 is 0. The fourth-order valence-corrected chi connectivity index (χ4v) is 0.924. The maximum absolute atomic E-state index is 10.5. The molecule has 3 N–H and O–H groups in total. The number of rotatable bonds is 2. The van der Waals surface area contributed by atoms with Crippen LogP contribution in [0.3, 0.4) is 0 Å². The number of carbonyl (C=O) groups excluding carboxylic acids is 1. The van der Waals surface area contributed by atoms with Crippen LogP contribution in [-0.4, -0.2) is 21.1 Å². The Balaban J connectivity index is 2.25. The zero-order chi connectivity index (χ0) is 7.84. The highest BCUT2D eigenvalue weighted by Gasteiger charge is 2.27. The first-order valence-corrected chi connectivity index (χ1v) is 3.49. The lowest BCUT2D eigenvalue weighted by Crippen LogP contribution is -2.12. The first-order chi connectivity index (χ1) is 5.27. The SMILES string of the molecule is NC(=O)c1n[nH]c(C2CC2)n1. The molecule has 1 heterocycles. The molecule has 2 rings (SSSR count). The number of nitrogens with two attached hydrogens (primary N) is 1. The van der Waals surface area contributed by atoms with Gasteiger partial charge in [0.2, 0.25) is 5.82 Å². The third kappa shape index (κ3) is 1.09. The van der Waals surface area contributed by atoms with Crippen LogP contribution in [0.2, 0.25) is 0 Å². The molecule has 0 aliphatic heterocycles. The minimum absolute atomic E-state index is 0.0897. The predicted octanol–water partition coefficient (Wildman–Crippen LogP) is -0.219. The molecule has 0 saturated heterocycles. The Morgan fingerprint density at radius 2 is 2.36 bits per heavy atom. The number of H-pyrrole nitrogens is 1. The second kappa shape index (κ2) is 2.05. The van der Waals surface area contributed by atoms with Crippen LogP contribution in [-0.2, 0) is 0 Å². The summed E-state index contributed by atoms with van der Waals surface area (Å²) in [6.45, 7) is 0. The third-order valence-electron chi connectivity index (χ3n) is 1.69. The van der Waals surface area contributed by atoms with Gasteiger partial charge in [0, 0.05) is 5.92 Å². The summed E-state index contributed by atoms with van der Waals surface area (Å²) in [5.41, 5.74) is 4.96. The highest BCUT2D eigenvalue weighted by Crippen LogP contribution is 2.37. The van der Waals surface area contributed by atoms with Gasteiger partial charge in [-0.15, -0.1) is 5.10 Å². The monoisotopic (exact) mass is 152 g/mol. The summed E-state index contributed by atoms with van der Waals surface area (Å²) in [5, 5.41) is 6.35. The van der Waals surface area contributed by atoms with E-state index in [-0.39, 0.29) is 5.82 Å². The lowest BCUT2D eigenvalue weighted by molar-refractivity contribution is 0.0991. The van der Waals surface area contributed by atoms with Crippen molar-refractivity contribution in [2.24, 2.45) is 5.73 Å². The van der Waals surface area contributed by atoms with E-state index < -0.39 is 5.91 Å². The van der Waals surface area contributed by atoms with Gasteiger partial charge in [-0.05, 0) is 12.8 Å². The molecule has 1 amide bonds. The number of hydrogen-bond donors (Lipinski definition) is 2. The Hall–Kier alpha value is -1.39. The first kappa shape index (κ1) is 6.33. The summed E-state index contributed by atoms with van der Waals surface area (Å²) in [5.74, 6) is 0.787. The number of nitrogens with zero attached hydrogens (tertiary/aromatic N) is 2. The second-order valence-electron chi connectivity index (χ2n) is 2.68. The number of nitrogens with one attached hydrogen (secondary N) is 1. The van der Waals surface area contributed by atoms with Gasteiger partial charge in [-0.1, -0.05) is 0 Å². The topological polar surface area (TPSA) is 84.7 Å². The summed E-state index contributed by atoms with van der Waals surface area (Å²) in [7, 11) is 0. The number of aromatic nitrogens is 3. The van der Waals surface area contributed by atoms with Crippen molar-refractivity contribution in [1.29, 1.82) is 0 Å². The molecule has 11 heavy (non-hydrogen) atoms. The molecule has 0 atom stereocenters. The lowest BCUT2D eigenvalue weighted by Gasteiger charge is -1.82. The lowest BCUT2D eigenvalue weighted by atomic mass is 10.4. The summed E-state index contributed by atoms with van der Waals surface area (Å²) >= 11 is 0. The molecule has 58 valence electrons. The molecule has 1 aromatic heterocycles. The van der Waals surface area contributed by atoms with E-state index in [2.05, 4.69) is 15.2 Å². The highest BCUT2D eigenvalue weighted by atomic mass is 16.1. The summed E-state index contributed by atoms with van der Waals surface area (Å²) in [4.78, 5) is 14.5. The van der Waals surface area contributed by atoms with Gasteiger partial charge in [-0.25, -0.2) is 4.98 Å². The van der Waals surface area contributed by atoms with Crippen LogP contribution in [0.15, 0.2) is 0 Å². The molecular formula is C6H8N4O. The molecule has 1 aliphatic carbocycles. The van der Waals surface area contributed by atoms with E-state index in [1.54, 1.807) is 0 Å². The number of hydrogen-bond acceptors (Lipinski definition) is 3. The van der Waals surface area contributed by atoms with E-state index >= 15 is 0 Å². The quantitative estimate of drug-likeness (QED) is 0.614. The van der Waals surface area contributed by atoms with Crippen LogP contribution in [0.4, 0.5) is 0 Å². The summed E-state index contributed by atoms with van der Waals surface area (Å²) in [6.07, 6.45) is 2.26. The maximum atomic E-state index is 10.5. The fraction of sp³-hybridized carbons (Fsp3) is 0.500. The van der Waals surface area contributed by atoms with Gasteiger partial charge in [-0.3, -0.25) is 9.89 Å². The molecule has 1 aliphatic rings. The molecule has 5 heteroatoms. The molecule has 0 aromatic carbocycles. The average Bonchev–Trinajstić information content (AvgIpc) is 2.68. The van der Waals surface area contributed by atoms with E-state index in [0.717, 1.165) is 18.7 Å². The van der Waals surface area contributed by atoms with E-state index in [0.29, 0.717) is 5.92 Å². The Kier molecular flexibility index (Phi) is 1.18. The minimum Gasteiger partial charge on any atom is -0.363 e. The van der Waals surface area contributed by atoms with Gasteiger partial charge in [0.1, 0.15) is 5.82 Å². The minimum atomic E-state index is -0.576. The Labute approximate surface area is 63.0 Å². The van der Waals surface area contributed by atoms with E-state index in [4.69, 9.17) is 5.73 Å². The van der Waals surface area contributed by atoms with Crippen molar-refractivity contribution >= 4 is 5.91 Å². The smallest absolute Gasteiger partial charge is 0.288 e. The van der Waals surface area contributed by atoms with Crippen molar-refractivity contribution in [1.82, 2.24) is 15.2 Å². The van der Waals surface area contributed by atoms with E-state index in [9.17, 15) is 4.79 Å². The predicted molar refractivity (Wildman–Crippen MR) is 36.9 cm³/mol. The Morgan fingerprint density at radius 1 is 1.64 bits per heavy atom. The number of aromatic amines is 1. The molecule has 0 unspecified atom stereocenters. The average molecular weight is 152 g/mol. The van der Waals surface area contributed by atoms with Gasteiger partial charge < -0.3 is 5.73 Å². The zero-order valence-electron chi connectivity index (χ0n) is 5.87. The zero-order valence-corrected chi connectivity index (χ0v) is 5.87. The molecule has 1 aromatic rings. The molecule has 5 nitrogen and oxygen atoms in total. The third-order valence-corrected chi connectivity index (χ3v) is 1.69. The largest absolute Gasteiger partial charge is 0.363 e. The molecule has 0 spiro atoms. The van der Waals surface area contributed by atoms with Crippen molar-refractivity contribution in [3.05, 3.63) is 11.6 Å². The molecule has 0 bridgehead atoms. The number of primary amides is 1. The molecular weight excluding hydrogens is 144 g/mol. The second-order valence-corrected chi connectivity index (χ2v) is 2.68. The molecule has 1 fully saturated rings. The number of carbonyl (C=O) groups is 1. The number of amides is 1. The van der Waals surface area contributed by atoms with Crippen LogP contribution < -0.4 is 5.73 Å². The van der Waals surface area contributed by atoms with Gasteiger partial charge in [0.15, 0.2) is 0 Å².